The predicted molar refractivity (Wildman–Crippen MR) is 89.9 cm³/mol. The van der Waals surface area contributed by atoms with E-state index in [2.05, 4.69) is 66.1 Å². The molecule has 1 aromatic carbocycles. The van der Waals surface area contributed by atoms with Gasteiger partial charge in [-0.05, 0) is 69.1 Å². The fraction of sp³-hybridized carbons (Fsp3) is 0.333. The Morgan fingerprint density at radius 1 is 1.11 bits per heavy atom. The highest BCUT2D eigenvalue weighted by Gasteiger charge is 2.13. The van der Waals surface area contributed by atoms with E-state index in [-0.39, 0.29) is 5.38 Å². The molecule has 0 radical (unpaired) electrons. The molecule has 1 unspecified atom stereocenters. The topological polar surface area (TPSA) is 0 Å². The number of alkyl halides is 1. The first-order valence-corrected chi connectivity index (χ1v) is 8.54. The average molecular weight is 391 g/mol. The molecule has 1 aromatic heterocycles. The van der Waals surface area contributed by atoms with Gasteiger partial charge < -0.3 is 0 Å². The average Bonchev–Trinajstić information content (AvgIpc) is 2.83. The van der Waals surface area contributed by atoms with E-state index in [1.54, 1.807) is 11.3 Å². The van der Waals surface area contributed by atoms with Gasteiger partial charge in [-0.3, -0.25) is 0 Å². The Labute approximate surface area is 132 Å². The Morgan fingerprint density at radius 2 is 1.83 bits per heavy atom. The van der Waals surface area contributed by atoms with Crippen LogP contribution in [0.4, 0.5) is 0 Å². The normalized spacial score (nSPS) is 12.7. The van der Waals surface area contributed by atoms with Crippen molar-refractivity contribution < 1.29 is 0 Å². The molecule has 0 aliphatic carbocycles. The number of benzene rings is 1. The molecular weight excluding hydrogens is 375 g/mol. The Kier molecular flexibility index (Phi) is 5.10. The number of hydrogen-bond donors (Lipinski definition) is 0. The van der Waals surface area contributed by atoms with Crippen LogP contribution in [0.3, 0.4) is 0 Å². The summed E-state index contributed by atoms with van der Waals surface area (Å²) in [5, 5.41) is 2.12. The number of hydrogen-bond acceptors (Lipinski definition) is 1. The molecule has 3 heteroatoms. The SMILES string of the molecule is CCc1ccc(C(Cl)c2csc(I)c2)cc1CC. The molecule has 0 saturated carbocycles. The molecule has 0 aliphatic rings. The third-order valence-corrected chi connectivity index (χ3v) is 5.48. The van der Waals surface area contributed by atoms with Crippen LogP contribution in [0.1, 0.15) is 41.5 Å². The van der Waals surface area contributed by atoms with Crippen LogP contribution in [-0.4, -0.2) is 0 Å². The van der Waals surface area contributed by atoms with Crippen LogP contribution in [0.2, 0.25) is 0 Å². The maximum absolute atomic E-state index is 6.57. The summed E-state index contributed by atoms with van der Waals surface area (Å²) in [5.74, 6) is 0. The lowest BCUT2D eigenvalue weighted by molar-refractivity contribution is 1.02. The van der Waals surface area contributed by atoms with Crippen LogP contribution in [0.5, 0.6) is 0 Å². The Bertz CT molecular complexity index is 533. The van der Waals surface area contributed by atoms with E-state index in [9.17, 15) is 0 Å². The lowest BCUT2D eigenvalue weighted by atomic mass is 9.97. The van der Waals surface area contributed by atoms with Gasteiger partial charge >= 0.3 is 0 Å². The van der Waals surface area contributed by atoms with Gasteiger partial charge in [-0.25, -0.2) is 0 Å². The highest BCUT2D eigenvalue weighted by Crippen LogP contribution is 2.33. The van der Waals surface area contributed by atoms with Gasteiger partial charge in [0.2, 0.25) is 0 Å². The standard InChI is InChI=1S/C15H16ClIS/c1-3-10-5-6-12(7-11(10)4-2)15(16)13-8-14(17)18-9-13/h5-9,15H,3-4H2,1-2H3. The highest BCUT2D eigenvalue weighted by molar-refractivity contribution is 14.1. The summed E-state index contributed by atoms with van der Waals surface area (Å²) in [7, 11) is 0. The summed E-state index contributed by atoms with van der Waals surface area (Å²) < 4.78 is 1.29. The monoisotopic (exact) mass is 390 g/mol. The predicted octanol–water partition coefficient (Wildman–Crippen LogP) is 5.81. The van der Waals surface area contributed by atoms with E-state index in [1.807, 2.05) is 0 Å². The molecule has 0 spiro atoms. The molecule has 1 heterocycles. The van der Waals surface area contributed by atoms with Crippen LogP contribution < -0.4 is 0 Å². The zero-order valence-electron chi connectivity index (χ0n) is 10.5. The van der Waals surface area contributed by atoms with Gasteiger partial charge in [0, 0.05) is 0 Å². The number of aryl methyl sites for hydroxylation is 2. The van der Waals surface area contributed by atoms with Gasteiger partial charge in [0.1, 0.15) is 0 Å². The van der Waals surface area contributed by atoms with E-state index in [0.29, 0.717) is 0 Å². The summed E-state index contributed by atoms with van der Waals surface area (Å²) in [4.78, 5) is 0. The van der Waals surface area contributed by atoms with Gasteiger partial charge in [0.15, 0.2) is 0 Å². The maximum Gasteiger partial charge on any atom is 0.0843 e. The third kappa shape index (κ3) is 3.09. The van der Waals surface area contributed by atoms with Crippen molar-refractivity contribution >= 4 is 45.5 Å². The maximum atomic E-state index is 6.57. The minimum Gasteiger partial charge on any atom is -0.137 e. The second-order valence-corrected chi connectivity index (χ2v) is 7.52. The van der Waals surface area contributed by atoms with Crippen molar-refractivity contribution in [3.05, 3.63) is 54.8 Å². The molecule has 0 bridgehead atoms. The van der Waals surface area contributed by atoms with Crippen molar-refractivity contribution in [3.8, 4) is 0 Å². The molecule has 0 nitrogen and oxygen atoms in total. The van der Waals surface area contributed by atoms with Crippen molar-refractivity contribution in [3.63, 3.8) is 0 Å². The Balaban J connectivity index is 2.33. The molecule has 2 aromatic rings. The van der Waals surface area contributed by atoms with E-state index >= 15 is 0 Å². The van der Waals surface area contributed by atoms with Crippen molar-refractivity contribution in [1.29, 1.82) is 0 Å². The fourth-order valence-electron chi connectivity index (χ4n) is 2.13. The molecule has 0 fully saturated rings. The molecule has 0 amide bonds. The molecule has 1 atom stereocenters. The fourth-order valence-corrected chi connectivity index (χ4v) is 3.86. The van der Waals surface area contributed by atoms with Gasteiger partial charge in [0.05, 0.1) is 8.26 Å². The van der Waals surface area contributed by atoms with Crippen LogP contribution in [0, 0.1) is 2.88 Å². The van der Waals surface area contributed by atoms with E-state index in [4.69, 9.17) is 11.6 Å². The summed E-state index contributed by atoms with van der Waals surface area (Å²) >= 11 is 10.7. The molecule has 96 valence electrons. The number of halogens is 2. The first-order valence-electron chi connectivity index (χ1n) is 6.15. The van der Waals surface area contributed by atoms with Gasteiger partial charge in [-0.1, -0.05) is 32.0 Å². The van der Waals surface area contributed by atoms with E-state index in [0.717, 1.165) is 12.8 Å². The third-order valence-electron chi connectivity index (χ3n) is 3.17. The van der Waals surface area contributed by atoms with Crippen LogP contribution in [-0.2, 0) is 12.8 Å². The minimum atomic E-state index is -0.0269. The summed E-state index contributed by atoms with van der Waals surface area (Å²) in [6.07, 6.45) is 2.16. The first kappa shape index (κ1) is 14.4. The smallest absolute Gasteiger partial charge is 0.0843 e. The summed E-state index contributed by atoms with van der Waals surface area (Å²) in [5.41, 5.74) is 5.27. The van der Waals surface area contributed by atoms with Crippen molar-refractivity contribution in [2.24, 2.45) is 0 Å². The molecule has 18 heavy (non-hydrogen) atoms. The molecular formula is C15H16ClIS. The quantitative estimate of drug-likeness (QED) is 0.457. The summed E-state index contributed by atoms with van der Waals surface area (Å²) in [6, 6.07) is 8.82. The van der Waals surface area contributed by atoms with Gasteiger partial charge in [-0.15, -0.1) is 22.9 Å². The lowest BCUT2D eigenvalue weighted by Gasteiger charge is -2.12. The molecule has 0 saturated heterocycles. The lowest BCUT2D eigenvalue weighted by Crippen LogP contribution is -1.97. The first-order chi connectivity index (χ1) is 8.65. The second-order valence-electron chi connectivity index (χ2n) is 4.28. The van der Waals surface area contributed by atoms with Crippen molar-refractivity contribution in [2.75, 3.05) is 0 Å². The minimum absolute atomic E-state index is 0.0269. The summed E-state index contributed by atoms with van der Waals surface area (Å²) in [6.45, 7) is 4.41. The highest BCUT2D eigenvalue weighted by atomic mass is 127. The van der Waals surface area contributed by atoms with Crippen molar-refractivity contribution in [1.82, 2.24) is 0 Å². The number of thiophene rings is 1. The van der Waals surface area contributed by atoms with Gasteiger partial charge in [0.25, 0.3) is 0 Å². The van der Waals surface area contributed by atoms with Crippen LogP contribution >= 0.6 is 45.5 Å². The van der Waals surface area contributed by atoms with Crippen LogP contribution in [0.15, 0.2) is 29.6 Å². The van der Waals surface area contributed by atoms with E-state index < -0.39 is 0 Å². The number of rotatable bonds is 4. The molecule has 2 rings (SSSR count). The largest absolute Gasteiger partial charge is 0.137 e. The Morgan fingerprint density at radius 3 is 2.39 bits per heavy atom. The van der Waals surface area contributed by atoms with Gasteiger partial charge in [-0.2, -0.15) is 0 Å². The van der Waals surface area contributed by atoms with Crippen LogP contribution in [0.25, 0.3) is 0 Å². The second kappa shape index (κ2) is 6.40. The zero-order valence-corrected chi connectivity index (χ0v) is 14.3. The van der Waals surface area contributed by atoms with E-state index in [1.165, 1.54) is 25.1 Å². The zero-order chi connectivity index (χ0) is 13.1. The van der Waals surface area contributed by atoms with Crippen molar-refractivity contribution in [2.45, 2.75) is 32.1 Å². The Hall–Kier alpha value is -0.0600. The molecule has 0 N–H and O–H groups in total. The molecule has 0 aliphatic heterocycles.